The van der Waals surface area contributed by atoms with Crippen LogP contribution >= 0.6 is 0 Å². The van der Waals surface area contributed by atoms with Crippen LogP contribution in [0, 0.1) is 29.1 Å². The van der Waals surface area contributed by atoms with Crippen LogP contribution in [0.25, 0.3) is 0 Å². The molecular formula is C26H38N2O6. The molecule has 34 heavy (non-hydrogen) atoms. The van der Waals surface area contributed by atoms with E-state index in [1.54, 1.807) is 13.8 Å². The SMILES string of the molecule is C=C(C)C(=O)OCCNC(=O)CC1CCC2C1C1CCC2(CC(=O)NCCOC(=O)C(=C)C)C1. The van der Waals surface area contributed by atoms with Crippen LogP contribution in [0.5, 0.6) is 0 Å². The molecule has 0 spiro atoms. The van der Waals surface area contributed by atoms with Crippen LogP contribution in [0.3, 0.4) is 0 Å². The Labute approximate surface area is 201 Å². The highest BCUT2D eigenvalue weighted by Crippen LogP contribution is 2.68. The molecule has 3 saturated carbocycles. The lowest BCUT2D eigenvalue weighted by Crippen LogP contribution is -2.37. The summed E-state index contributed by atoms with van der Waals surface area (Å²) in [6, 6.07) is 0. The summed E-state index contributed by atoms with van der Waals surface area (Å²) in [6.07, 6.45) is 6.34. The summed E-state index contributed by atoms with van der Waals surface area (Å²) in [7, 11) is 0. The molecule has 2 amide bonds. The minimum atomic E-state index is -0.447. The number of ether oxygens (including phenoxy) is 2. The second-order valence-electron chi connectivity index (χ2n) is 10.3. The van der Waals surface area contributed by atoms with Gasteiger partial charge in [0, 0.05) is 24.0 Å². The van der Waals surface area contributed by atoms with E-state index in [0.29, 0.717) is 60.7 Å². The largest absolute Gasteiger partial charge is 0.460 e. The van der Waals surface area contributed by atoms with Crippen molar-refractivity contribution in [2.75, 3.05) is 26.3 Å². The van der Waals surface area contributed by atoms with Crippen molar-refractivity contribution < 1.29 is 28.7 Å². The van der Waals surface area contributed by atoms with Crippen molar-refractivity contribution in [3.8, 4) is 0 Å². The van der Waals surface area contributed by atoms with E-state index >= 15 is 0 Å². The maximum Gasteiger partial charge on any atom is 0.333 e. The number of carbonyl (C=O) groups is 4. The third-order valence-corrected chi connectivity index (χ3v) is 7.84. The van der Waals surface area contributed by atoms with E-state index in [9.17, 15) is 19.2 Å². The van der Waals surface area contributed by atoms with E-state index in [4.69, 9.17) is 9.47 Å². The first-order valence-electron chi connectivity index (χ1n) is 12.3. The molecule has 2 bridgehead atoms. The van der Waals surface area contributed by atoms with Gasteiger partial charge in [0.15, 0.2) is 0 Å². The zero-order valence-corrected chi connectivity index (χ0v) is 20.5. The molecule has 0 aromatic heterocycles. The number of amides is 2. The topological polar surface area (TPSA) is 111 Å². The fourth-order valence-corrected chi connectivity index (χ4v) is 6.54. The van der Waals surface area contributed by atoms with Gasteiger partial charge in [-0.1, -0.05) is 13.2 Å². The molecule has 2 N–H and O–H groups in total. The van der Waals surface area contributed by atoms with Gasteiger partial charge in [0.2, 0.25) is 11.8 Å². The molecule has 0 saturated heterocycles. The van der Waals surface area contributed by atoms with Crippen LogP contribution < -0.4 is 10.6 Å². The number of rotatable bonds is 12. The number of hydrogen-bond donors (Lipinski definition) is 2. The van der Waals surface area contributed by atoms with Crippen LogP contribution in [-0.4, -0.2) is 50.1 Å². The van der Waals surface area contributed by atoms with Gasteiger partial charge in [0.05, 0.1) is 13.1 Å². The Kier molecular flexibility index (Phi) is 8.55. The lowest BCUT2D eigenvalue weighted by atomic mass is 9.68. The van der Waals surface area contributed by atoms with Gasteiger partial charge in [0.1, 0.15) is 13.2 Å². The van der Waals surface area contributed by atoms with Crippen molar-refractivity contribution in [1.82, 2.24) is 10.6 Å². The Bertz CT molecular complexity index is 852. The summed E-state index contributed by atoms with van der Waals surface area (Å²) in [5.74, 6) is 1.05. The molecule has 5 atom stereocenters. The molecule has 0 aromatic carbocycles. The zero-order chi connectivity index (χ0) is 24.9. The quantitative estimate of drug-likeness (QED) is 0.256. The van der Waals surface area contributed by atoms with E-state index in [2.05, 4.69) is 23.8 Å². The number of nitrogens with one attached hydrogen (secondary N) is 2. The van der Waals surface area contributed by atoms with E-state index in [1.165, 1.54) is 0 Å². The maximum absolute atomic E-state index is 12.7. The van der Waals surface area contributed by atoms with Crippen molar-refractivity contribution in [2.45, 2.75) is 58.8 Å². The average Bonchev–Trinajstić information content (AvgIpc) is 3.46. The minimum absolute atomic E-state index is 0.00380. The Balaban J connectivity index is 1.42. The molecule has 8 nitrogen and oxygen atoms in total. The first kappa shape index (κ1) is 26.0. The summed E-state index contributed by atoms with van der Waals surface area (Å²) in [4.78, 5) is 48.0. The van der Waals surface area contributed by atoms with E-state index < -0.39 is 11.9 Å². The number of fused-ring (bicyclic) bond motifs is 5. The molecule has 5 unspecified atom stereocenters. The Hall–Kier alpha value is -2.64. The van der Waals surface area contributed by atoms with Crippen molar-refractivity contribution in [3.05, 3.63) is 24.3 Å². The highest BCUT2D eigenvalue weighted by Gasteiger charge is 2.61. The third-order valence-electron chi connectivity index (χ3n) is 7.84. The second kappa shape index (κ2) is 11.2. The Morgan fingerprint density at radius 1 is 0.882 bits per heavy atom. The van der Waals surface area contributed by atoms with Crippen LogP contribution in [-0.2, 0) is 28.7 Å². The van der Waals surface area contributed by atoms with Crippen molar-refractivity contribution in [3.63, 3.8) is 0 Å². The van der Waals surface area contributed by atoms with Crippen molar-refractivity contribution in [1.29, 1.82) is 0 Å². The van der Waals surface area contributed by atoms with E-state index in [1.807, 2.05) is 0 Å². The smallest absolute Gasteiger partial charge is 0.333 e. The molecule has 3 aliphatic carbocycles. The summed E-state index contributed by atoms with van der Waals surface area (Å²) in [6.45, 7) is 11.1. The maximum atomic E-state index is 12.7. The lowest BCUT2D eigenvalue weighted by molar-refractivity contribution is -0.140. The molecule has 0 aliphatic heterocycles. The van der Waals surface area contributed by atoms with Crippen LogP contribution in [0.15, 0.2) is 24.3 Å². The predicted octanol–water partition coefficient (Wildman–Crippen LogP) is 2.68. The third kappa shape index (κ3) is 6.07. The van der Waals surface area contributed by atoms with Gasteiger partial charge in [-0.25, -0.2) is 9.59 Å². The van der Waals surface area contributed by atoms with Gasteiger partial charge in [-0.05, 0) is 75.0 Å². The van der Waals surface area contributed by atoms with Gasteiger partial charge >= 0.3 is 11.9 Å². The number of hydrogen-bond acceptors (Lipinski definition) is 6. The molecule has 3 aliphatic rings. The summed E-state index contributed by atoms with van der Waals surface area (Å²) in [5, 5.41) is 5.76. The fourth-order valence-electron chi connectivity index (χ4n) is 6.54. The van der Waals surface area contributed by atoms with Gasteiger partial charge in [-0.2, -0.15) is 0 Å². The van der Waals surface area contributed by atoms with Gasteiger partial charge in [0.25, 0.3) is 0 Å². The molecule has 3 fully saturated rings. The molecule has 8 heteroatoms. The summed E-state index contributed by atoms with van der Waals surface area (Å²) in [5.41, 5.74) is 0.721. The first-order chi connectivity index (χ1) is 16.1. The van der Waals surface area contributed by atoms with E-state index in [0.717, 1.165) is 32.1 Å². The highest BCUT2D eigenvalue weighted by atomic mass is 16.5. The van der Waals surface area contributed by atoms with Gasteiger partial charge in [-0.15, -0.1) is 0 Å². The normalized spacial score (nSPS) is 28.6. The lowest BCUT2D eigenvalue weighted by Gasteiger charge is -2.36. The minimum Gasteiger partial charge on any atom is -0.460 e. The molecule has 0 heterocycles. The molecule has 0 aromatic rings. The van der Waals surface area contributed by atoms with Crippen LogP contribution in [0.1, 0.15) is 58.8 Å². The molecule has 0 radical (unpaired) electrons. The second-order valence-corrected chi connectivity index (χ2v) is 10.3. The zero-order valence-electron chi connectivity index (χ0n) is 20.5. The van der Waals surface area contributed by atoms with Gasteiger partial charge < -0.3 is 20.1 Å². The summed E-state index contributed by atoms with van der Waals surface area (Å²) < 4.78 is 10.1. The number of esters is 2. The summed E-state index contributed by atoms with van der Waals surface area (Å²) >= 11 is 0. The number of carbonyl (C=O) groups excluding carboxylic acids is 4. The van der Waals surface area contributed by atoms with Crippen LogP contribution in [0.2, 0.25) is 0 Å². The molecular weight excluding hydrogens is 436 g/mol. The monoisotopic (exact) mass is 474 g/mol. The average molecular weight is 475 g/mol. The highest BCUT2D eigenvalue weighted by molar-refractivity contribution is 5.87. The Morgan fingerprint density at radius 3 is 2.06 bits per heavy atom. The Morgan fingerprint density at radius 2 is 1.47 bits per heavy atom. The molecule has 188 valence electrons. The standard InChI is InChI=1S/C26H38N2O6/c1-16(2)24(31)33-11-9-27-21(29)13-18-5-6-20-23(18)19-7-8-26(20,14-19)15-22(30)28-10-12-34-25(32)17(3)4/h18-20,23H,1,3,5-15H2,2,4H3,(H,27,29)(H,28,30). The van der Waals surface area contributed by atoms with Crippen molar-refractivity contribution >= 4 is 23.8 Å². The van der Waals surface area contributed by atoms with Gasteiger partial charge in [-0.3, -0.25) is 9.59 Å². The van der Waals surface area contributed by atoms with E-state index in [-0.39, 0.29) is 30.4 Å². The molecule has 3 rings (SSSR count). The van der Waals surface area contributed by atoms with Crippen LogP contribution in [0.4, 0.5) is 0 Å². The van der Waals surface area contributed by atoms with Crippen molar-refractivity contribution in [2.24, 2.45) is 29.1 Å². The fraction of sp³-hybridized carbons (Fsp3) is 0.692. The predicted molar refractivity (Wildman–Crippen MR) is 126 cm³/mol. The first-order valence-corrected chi connectivity index (χ1v) is 12.3.